The van der Waals surface area contributed by atoms with Gasteiger partial charge in [-0.2, -0.15) is 5.10 Å². The second-order valence-corrected chi connectivity index (χ2v) is 7.12. The highest BCUT2D eigenvalue weighted by atomic mass is 35.5. The van der Waals surface area contributed by atoms with E-state index in [4.69, 9.17) is 21.4 Å². The molecule has 5 nitrogen and oxygen atoms in total. The van der Waals surface area contributed by atoms with Gasteiger partial charge >= 0.3 is 0 Å². The van der Waals surface area contributed by atoms with Crippen molar-refractivity contribution in [2.75, 3.05) is 12.4 Å². The van der Waals surface area contributed by atoms with Crippen LogP contribution in [0.4, 0.5) is 5.69 Å². The number of nitrogens with one attached hydrogen (secondary N) is 1. The molecule has 0 radical (unpaired) electrons. The Balaban J connectivity index is 1.75. The lowest BCUT2D eigenvalue weighted by molar-refractivity contribution is 0.102. The third kappa shape index (κ3) is 4.21. The van der Waals surface area contributed by atoms with E-state index in [0.717, 1.165) is 11.1 Å². The topological polar surface area (TPSA) is 56.2 Å². The molecule has 150 valence electrons. The average molecular weight is 418 g/mol. The number of benzene rings is 3. The maximum atomic E-state index is 13.2. The zero-order chi connectivity index (χ0) is 20.9. The van der Waals surface area contributed by atoms with Crippen LogP contribution < -0.4 is 10.1 Å². The predicted molar refractivity (Wildman–Crippen MR) is 119 cm³/mol. The number of hydrogen-bond donors (Lipinski definition) is 1. The van der Waals surface area contributed by atoms with Crippen LogP contribution in [0.2, 0.25) is 5.02 Å². The maximum Gasteiger partial charge on any atom is 0.259 e. The van der Waals surface area contributed by atoms with Gasteiger partial charge in [0.05, 0.1) is 29.9 Å². The van der Waals surface area contributed by atoms with E-state index in [0.29, 0.717) is 34.3 Å². The van der Waals surface area contributed by atoms with Gasteiger partial charge < -0.3 is 10.1 Å². The van der Waals surface area contributed by atoms with E-state index >= 15 is 0 Å². The molecule has 1 amide bonds. The zero-order valence-electron chi connectivity index (χ0n) is 16.4. The van der Waals surface area contributed by atoms with Gasteiger partial charge in [-0.25, -0.2) is 0 Å². The number of hydrogen-bond acceptors (Lipinski definition) is 3. The number of rotatable bonds is 6. The minimum absolute atomic E-state index is 0.289. The van der Waals surface area contributed by atoms with E-state index < -0.39 is 0 Å². The molecular weight excluding hydrogens is 398 g/mol. The standard InChI is InChI=1S/C24H20ClN3O2/c1-30-22-14-8-5-11-18(22)23-19(24(29)26-21-13-7-6-12-20(21)25)16-28(27-23)15-17-9-3-2-4-10-17/h2-14,16H,15H2,1H3,(H,26,29). The number of amides is 1. The Bertz CT molecular complexity index is 1170. The molecule has 0 saturated carbocycles. The van der Waals surface area contributed by atoms with E-state index in [1.54, 1.807) is 30.1 Å². The molecular formula is C24H20ClN3O2. The lowest BCUT2D eigenvalue weighted by Crippen LogP contribution is -2.12. The molecule has 6 heteroatoms. The van der Waals surface area contributed by atoms with Crippen molar-refractivity contribution in [2.24, 2.45) is 0 Å². The fourth-order valence-electron chi connectivity index (χ4n) is 3.23. The van der Waals surface area contributed by atoms with E-state index in [9.17, 15) is 4.79 Å². The number of halogens is 1. The number of para-hydroxylation sites is 2. The first kappa shape index (κ1) is 19.7. The van der Waals surface area contributed by atoms with Gasteiger partial charge in [-0.3, -0.25) is 9.48 Å². The summed E-state index contributed by atoms with van der Waals surface area (Å²) in [5.74, 6) is 0.359. The summed E-state index contributed by atoms with van der Waals surface area (Å²) in [6, 6.07) is 24.6. The first-order valence-corrected chi connectivity index (χ1v) is 9.84. The molecule has 0 aliphatic carbocycles. The van der Waals surface area contributed by atoms with Gasteiger partial charge in [0.15, 0.2) is 0 Å². The molecule has 0 saturated heterocycles. The molecule has 3 aromatic carbocycles. The van der Waals surface area contributed by atoms with Gasteiger partial charge in [-0.05, 0) is 29.8 Å². The van der Waals surface area contributed by atoms with Gasteiger partial charge in [0.25, 0.3) is 5.91 Å². The summed E-state index contributed by atoms with van der Waals surface area (Å²) < 4.78 is 7.26. The van der Waals surface area contributed by atoms with E-state index in [-0.39, 0.29) is 5.91 Å². The van der Waals surface area contributed by atoms with Crippen molar-refractivity contribution < 1.29 is 9.53 Å². The van der Waals surface area contributed by atoms with Gasteiger partial charge in [-0.15, -0.1) is 0 Å². The molecule has 1 heterocycles. The molecule has 0 spiro atoms. The van der Waals surface area contributed by atoms with Crippen LogP contribution in [0.25, 0.3) is 11.3 Å². The third-order valence-electron chi connectivity index (χ3n) is 4.68. The summed E-state index contributed by atoms with van der Waals surface area (Å²) in [5, 5.41) is 8.07. The van der Waals surface area contributed by atoms with Crippen LogP contribution >= 0.6 is 11.6 Å². The number of carbonyl (C=O) groups is 1. The first-order valence-electron chi connectivity index (χ1n) is 9.46. The van der Waals surface area contributed by atoms with Crippen LogP contribution in [0, 0.1) is 0 Å². The summed E-state index contributed by atoms with van der Waals surface area (Å²) in [7, 11) is 1.60. The van der Waals surface area contributed by atoms with Crippen molar-refractivity contribution in [1.82, 2.24) is 9.78 Å². The highest BCUT2D eigenvalue weighted by Crippen LogP contribution is 2.32. The van der Waals surface area contributed by atoms with Crippen LogP contribution in [0.3, 0.4) is 0 Å². The van der Waals surface area contributed by atoms with Crippen molar-refractivity contribution in [2.45, 2.75) is 6.54 Å². The van der Waals surface area contributed by atoms with Crippen molar-refractivity contribution >= 4 is 23.2 Å². The highest BCUT2D eigenvalue weighted by molar-refractivity contribution is 6.34. The van der Waals surface area contributed by atoms with Crippen LogP contribution in [0.1, 0.15) is 15.9 Å². The third-order valence-corrected chi connectivity index (χ3v) is 5.01. The molecule has 1 N–H and O–H groups in total. The molecule has 30 heavy (non-hydrogen) atoms. The Labute approximate surface area is 179 Å². The van der Waals surface area contributed by atoms with Crippen molar-refractivity contribution in [3.8, 4) is 17.0 Å². The maximum absolute atomic E-state index is 13.2. The lowest BCUT2D eigenvalue weighted by Gasteiger charge is -2.09. The average Bonchev–Trinajstić information content (AvgIpc) is 3.19. The summed E-state index contributed by atoms with van der Waals surface area (Å²) in [6.07, 6.45) is 1.75. The predicted octanol–water partition coefficient (Wildman–Crippen LogP) is 5.51. The quantitative estimate of drug-likeness (QED) is 0.450. The number of aromatic nitrogens is 2. The molecule has 4 rings (SSSR count). The minimum atomic E-state index is -0.289. The Hall–Kier alpha value is -3.57. The van der Waals surface area contributed by atoms with Crippen LogP contribution in [-0.4, -0.2) is 22.8 Å². The summed E-state index contributed by atoms with van der Waals surface area (Å²) in [4.78, 5) is 13.2. The summed E-state index contributed by atoms with van der Waals surface area (Å²) in [6.45, 7) is 0.544. The number of methoxy groups -OCH3 is 1. The van der Waals surface area contributed by atoms with Crippen LogP contribution in [0.5, 0.6) is 5.75 Å². The number of carbonyl (C=O) groups excluding carboxylic acids is 1. The van der Waals surface area contributed by atoms with Crippen LogP contribution in [0.15, 0.2) is 85.1 Å². The minimum Gasteiger partial charge on any atom is -0.496 e. The Morgan fingerprint density at radius 2 is 1.70 bits per heavy atom. The smallest absolute Gasteiger partial charge is 0.259 e. The van der Waals surface area contributed by atoms with Gasteiger partial charge in [0.1, 0.15) is 11.4 Å². The Kier molecular flexibility index (Phi) is 5.82. The summed E-state index contributed by atoms with van der Waals surface area (Å²) >= 11 is 6.22. The lowest BCUT2D eigenvalue weighted by atomic mass is 10.1. The molecule has 1 aromatic heterocycles. The van der Waals surface area contributed by atoms with Crippen molar-refractivity contribution in [1.29, 1.82) is 0 Å². The Morgan fingerprint density at radius 1 is 1.00 bits per heavy atom. The largest absolute Gasteiger partial charge is 0.496 e. The Morgan fingerprint density at radius 3 is 2.47 bits per heavy atom. The second-order valence-electron chi connectivity index (χ2n) is 6.71. The number of anilines is 1. The molecule has 0 fully saturated rings. The fraction of sp³-hybridized carbons (Fsp3) is 0.0833. The van der Waals surface area contributed by atoms with Gasteiger partial charge in [0.2, 0.25) is 0 Å². The van der Waals surface area contributed by atoms with Crippen molar-refractivity contribution in [3.05, 3.63) is 101 Å². The second kappa shape index (κ2) is 8.84. The molecule has 0 aliphatic heterocycles. The normalized spacial score (nSPS) is 10.6. The number of ether oxygens (including phenoxy) is 1. The van der Waals surface area contributed by atoms with Gasteiger partial charge in [-0.1, -0.05) is 66.2 Å². The van der Waals surface area contributed by atoms with Crippen LogP contribution in [-0.2, 0) is 6.54 Å². The van der Waals surface area contributed by atoms with E-state index in [1.807, 2.05) is 66.7 Å². The van der Waals surface area contributed by atoms with Crippen molar-refractivity contribution in [3.63, 3.8) is 0 Å². The van der Waals surface area contributed by atoms with Gasteiger partial charge in [0, 0.05) is 11.8 Å². The summed E-state index contributed by atoms with van der Waals surface area (Å²) in [5.41, 5.74) is 3.37. The zero-order valence-corrected chi connectivity index (χ0v) is 17.1. The number of nitrogens with zero attached hydrogens (tertiary/aromatic N) is 2. The molecule has 0 bridgehead atoms. The molecule has 0 aliphatic rings. The van der Waals surface area contributed by atoms with E-state index in [1.165, 1.54) is 0 Å². The molecule has 4 aromatic rings. The molecule has 0 unspecified atom stereocenters. The molecule has 0 atom stereocenters. The fourth-order valence-corrected chi connectivity index (χ4v) is 3.41. The van der Waals surface area contributed by atoms with E-state index in [2.05, 4.69) is 5.32 Å². The monoisotopic (exact) mass is 417 g/mol. The SMILES string of the molecule is COc1ccccc1-c1nn(Cc2ccccc2)cc1C(=O)Nc1ccccc1Cl. The first-order chi connectivity index (χ1) is 14.7. The highest BCUT2D eigenvalue weighted by Gasteiger charge is 2.21.